The Bertz CT molecular complexity index is 128. The van der Waals surface area contributed by atoms with Crippen molar-refractivity contribution in [3.63, 3.8) is 0 Å². The van der Waals surface area contributed by atoms with Gasteiger partial charge < -0.3 is 52.4 Å². The minimum Gasteiger partial charge on any atom is -1.00 e. The Morgan fingerprint density at radius 2 is 1.40 bits per heavy atom. The lowest BCUT2D eigenvalue weighted by Crippen LogP contribution is -3.00. The van der Waals surface area contributed by atoms with Crippen LogP contribution in [-0.4, -0.2) is 49.4 Å². The molecule has 0 N–H and O–H groups in total. The van der Waals surface area contributed by atoms with Crippen molar-refractivity contribution in [2.45, 2.75) is 26.7 Å². The van der Waals surface area contributed by atoms with Crippen molar-refractivity contribution < 1.29 is 52.4 Å². The molecule has 4 heteroatoms. The second-order valence-electron chi connectivity index (χ2n) is 4.37. The van der Waals surface area contributed by atoms with Crippen LogP contribution in [0, 0.1) is 0 Å². The van der Waals surface area contributed by atoms with Gasteiger partial charge in [-0.3, -0.25) is 0 Å². The van der Waals surface area contributed by atoms with Crippen molar-refractivity contribution in [2.75, 3.05) is 44.9 Å². The van der Waals surface area contributed by atoms with Gasteiger partial charge in [-0.15, -0.1) is 0 Å². The Morgan fingerprint density at radius 1 is 0.933 bits per heavy atom. The summed E-state index contributed by atoms with van der Waals surface area (Å²) in [7, 11) is 3.02. The third-order valence-electron chi connectivity index (χ3n) is 3.03. The number of unbranched alkanes of at least 4 members (excludes halogenated alkanes) is 1. The van der Waals surface area contributed by atoms with Crippen molar-refractivity contribution in [1.82, 2.24) is 0 Å². The SMILES string of the molecule is CC[N+](C)(CC)CCCC[S+](C)C.[I-].[I-]. The summed E-state index contributed by atoms with van der Waals surface area (Å²) in [5.74, 6) is 1.42. The Labute approximate surface area is 134 Å². The number of rotatable bonds is 7. The Kier molecular flexibility index (Phi) is 17.9. The molecule has 0 aliphatic heterocycles. The molecule has 0 aromatic rings. The number of hydrogen-bond donors (Lipinski definition) is 0. The Balaban J connectivity index is -0.000000720. The van der Waals surface area contributed by atoms with Gasteiger partial charge in [-0.05, 0) is 31.2 Å². The molecule has 0 aromatic heterocycles. The second-order valence-corrected chi connectivity index (χ2v) is 6.75. The highest BCUT2D eigenvalue weighted by atomic mass is 127. The van der Waals surface area contributed by atoms with E-state index in [9.17, 15) is 0 Å². The van der Waals surface area contributed by atoms with Crippen LogP contribution in [0.5, 0.6) is 0 Å². The molecule has 1 nitrogen and oxygen atoms in total. The van der Waals surface area contributed by atoms with Gasteiger partial charge in [-0.1, -0.05) is 0 Å². The van der Waals surface area contributed by atoms with Crippen LogP contribution >= 0.6 is 0 Å². The van der Waals surface area contributed by atoms with Crippen LogP contribution in [0.2, 0.25) is 0 Å². The zero-order valence-corrected chi connectivity index (χ0v) is 16.0. The number of hydrogen-bond acceptors (Lipinski definition) is 0. The summed E-state index contributed by atoms with van der Waals surface area (Å²) in [4.78, 5) is 0. The largest absolute Gasteiger partial charge is 1.00 e. The fourth-order valence-corrected chi connectivity index (χ4v) is 2.21. The van der Waals surface area contributed by atoms with Gasteiger partial charge >= 0.3 is 0 Å². The van der Waals surface area contributed by atoms with Gasteiger partial charge in [0.1, 0.15) is 5.75 Å². The van der Waals surface area contributed by atoms with Gasteiger partial charge in [0.15, 0.2) is 0 Å². The summed E-state index contributed by atoms with van der Waals surface area (Å²) in [6.45, 7) is 8.52. The Hall–Kier alpha value is 1.77. The van der Waals surface area contributed by atoms with Crippen molar-refractivity contribution in [3.8, 4) is 0 Å². The van der Waals surface area contributed by atoms with Gasteiger partial charge in [0.2, 0.25) is 0 Å². The summed E-state index contributed by atoms with van der Waals surface area (Å²) >= 11 is 0. The van der Waals surface area contributed by atoms with Crippen molar-refractivity contribution in [3.05, 3.63) is 0 Å². The van der Waals surface area contributed by atoms with E-state index in [1.807, 2.05) is 0 Å². The molecule has 0 heterocycles. The van der Waals surface area contributed by atoms with Crippen molar-refractivity contribution in [1.29, 1.82) is 0 Å². The van der Waals surface area contributed by atoms with Crippen LogP contribution in [0.15, 0.2) is 0 Å². The van der Waals surface area contributed by atoms with Gasteiger partial charge in [0.05, 0.1) is 39.2 Å². The molecular weight excluding hydrogens is 432 g/mol. The van der Waals surface area contributed by atoms with Crippen LogP contribution in [-0.2, 0) is 10.9 Å². The zero-order valence-electron chi connectivity index (χ0n) is 10.9. The normalized spacial score (nSPS) is 10.8. The fraction of sp³-hybridized carbons (Fsp3) is 1.00. The number of nitrogens with zero attached hydrogens (tertiary/aromatic N) is 1. The first-order chi connectivity index (χ1) is 6.04. The first-order valence-electron chi connectivity index (χ1n) is 5.42. The molecule has 15 heavy (non-hydrogen) atoms. The molecule has 0 aromatic carbocycles. The quantitative estimate of drug-likeness (QED) is 0.158. The minimum atomic E-state index is 0. The minimum absolute atomic E-state index is 0. The summed E-state index contributed by atoms with van der Waals surface area (Å²) in [6, 6.07) is 0. The average molecular weight is 459 g/mol. The van der Waals surface area contributed by atoms with E-state index >= 15 is 0 Å². The molecule has 96 valence electrons. The van der Waals surface area contributed by atoms with Crippen LogP contribution in [0.1, 0.15) is 26.7 Å². The molecule has 0 spiro atoms. The summed E-state index contributed by atoms with van der Waals surface area (Å²) in [6.07, 6.45) is 7.51. The lowest BCUT2D eigenvalue weighted by molar-refractivity contribution is -0.906. The van der Waals surface area contributed by atoms with E-state index < -0.39 is 0 Å². The van der Waals surface area contributed by atoms with E-state index in [1.54, 1.807) is 0 Å². The molecule has 0 amide bonds. The maximum Gasteiger partial charge on any atom is 0.107 e. The molecule has 0 fully saturated rings. The van der Waals surface area contributed by atoms with E-state index in [1.165, 1.54) is 42.7 Å². The van der Waals surface area contributed by atoms with Gasteiger partial charge in [0, 0.05) is 6.42 Å². The molecular formula is C11H27I2NS. The monoisotopic (exact) mass is 459 g/mol. The van der Waals surface area contributed by atoms with Crippen LogP contribution in [0.3, 0.4) is 0 Å². The maximum absolute atomic E-state index is 2.37. The first-order valence-corrected chi connectivity index (χ1v) is 7.63. The summed E-state index contributed by atoms with van der Waals surface area (Å²) in [5.41, 5.74) is 0. The third-order valence-corrected chi connectivity index (χ3v) is 4.13. The summed E-state index contributed by atoms with van der Waals surface area (Å²) in [5, 5.41) is 0. The van der Waals surface area contributed by atoms with E-state index in [2.05, 4.69) is 33.4 Å². The molecule has 0 bridgehead atoms. The van der Waals surface area contributed by atoms with Gasteiger partial charge in [0.25, 0.3) is 0 Å². The number of quaternary nitrogens is 1. The van der Waals surface area contributed by atoms with Gasteiger partial charge in [-0.25, -0.2) is 0 Å². The molecule has 0 saturated heterocycles. The molecule has 0 aliphatic carbocycles. The van der Waals surface area contributed by atoms with Crippen molar-refractivity contribution >= 4 is 10.9 Å². The third kappa shape index (κ3) is 12.0. The van der Waals surface area contributed by atoms with Gasteiger partial charge in [-0.2, -0.15) is 0 Å². The average Bonchev–Trinajstić information content (AvgIpc) is 2.12. The highest BCUT2D eigenvalue weighted by Crippen LogP contribution is 2.05. The van der Waals surface area contributed by atoms with E-state index in [0.717, 1.165) is 0 Å². The highest BCUT2D eigenvalue weighted by Gasteiger charge is 2.15. The van der Waals surface area contributed by atoms with E-state index in [0.29, 0.717) is 10.9 Å². The summed E-state index contributed by atoms with van der Waals surface area (Å²) < 4.78 is 1.25. The topological polar surface area (TPSA) is 0 Å². The van der Waals surface area contributed by atoms with Crippen LogP contribution < -0.4 is 48.0 Å². The second kappa shape index (κ2) is 12.2. The standard InChI is InChI=1S/C11H27NS.2HI/c1-6-12(3,7-2)10-8-9-11-13(4)5;;/h6-11H2,1-5H3;2*1H/q+2;;/p-2. The van der Waals surface area contributed by atoms with E-state index in [-0.39, 0.29) is 48.0 Å². The lowest BCUT2D eigenvalue weighted by Gasteiger charge is -2.32. The maximum atomic E-state index is 2.37. The molecule has 0 aliphatic rings. The first kappa shape index (κ1) is 22.0. The zero-order chi connectivity index (χ0) is 10.3. The van der Waals surface area contributed by atoms with Crippen molar-refractivity contribution in [2.24, 2.45) is 0 Å². The molecule has 0 radical (unpaired) electrons. The molecule has 0 rings (SSSR count). The van der Waals surface area contributed by atoms with E-state index in [4.69, 9.17) is 0 Å². The molecule has 0 unspecified atom stereocenters. The van der Waals surface area contributed by atoms with Crippen LogP contribution in [0.4, 0.5) is 0 Å². The smallest absolute Gasteiger partial charge is 0.107 e. The predicted molar refractivity (Wildman–Crippen MR) is 65.4 cm³/mol. The molecule has 0 atom stereocenters. The predicted octanol–water partition coefficient (Wildman–Crippen LogP) is -3.86. The Morgan fingerprint density at radius 3 is 1.73 bits per heavy atom. The number of halogens is 2. The highest BCUT2D eigenvalue weighted by molar-refractivity contribution is 7.95. The molecule has 0 saturated carbocycles. The lowest BCUT2D eigenvalue weighted by atomic mass is 10.3. The van der Waals surface area contributed by atoms with Crippen LogP contribution in [0.25, 0.3) is 0 Å². The fourth-order valence-electron chi connectivity index (χ4n) is 1.42.